The van der Waals surface area contributed by atoms with Gasteiger partial charge in [0.2, 0.25) is 0 Å². The fourth-order valence-electron chi connectivity index (χ4n) is 3.35. The number of ether oxygens (including phenoxy) is 1. The third-order valence-corrected chi connectivity index (χ3v) is 5.27. The lowest BCUT2D eigenvalue weighted by molar-refractivity contribution is -0.140. The molecule has 8 heteroatoms. The Hall–Kier alpha value is -3.83. The highest BCUT2D eigenvalue weighted by Crippen LogP contribution is 2.31. The Labute approximate surface area is 192 Å². The molecular weight excluding hydrogens is 422 g/mol. The number of hydrogen-bond donors (Lipinski definition) is 3. The smallest absolute Gasteiger partial charge is 0.310 e. The minimum atomic E-state index is -1.02. The second-order valence-electron chi connectivity index (χ2n) is 7.71. The van der Waals surface area contributed by atoms with Crippen LogP contribution < -0.4 is 20.3 Å². The summed E-state index contributed by atoms with van der Waals surface area (Å²) >= 11 is 0. The minimum absolute atomic E-state index is 0.0282. The third-order valence-electron chi connectivity index (χ3n) is 5.27. The van der Waals surface area contributed by atoms with E-state index in [1.54, 1.807) is 25.2 Å². The monoisotopic (exact) mass is 449 g/mol. The molecule has 1 aliphatic rings. The van der Waals surface area contributed by atoms with Gasteiger partial charge in [0.1, 0.15) is 18.4 Å². The Morgan fingerprint density at radius 3 is 2.70 bits per heavy atom. The molecule has 2 aromatic carbocycles. The van der Waals surface area contributed by atoms with Crippen LogP contribution in [0.5, 0.6) is 5.75 Å². The highest BCUT2D eigenvalue weighted by molar-refractivity contribution is 6.35. The molecule has 1 heterocycles. The Balaban J connectivity index is 1.61. The molecule has 2 aromatic rings. The zero-order chi connectivity index (χ0) is 23.8. The van der Waals surface area contributed by atoms with Crippen LogP contribution in [0.3, 0.4) is 0 Å². The highest BCUT2D eigenvalue weighted by Gasteiger charge is 2.32. The zero-order valence-corrected chi connectivity index (χ0v) is 18.6. The number of likely N-dealkylation sites (N-methyl/N-ethyl adjacent to an activating group) is 1. The first-order valence-electron chi connectivity index (χ1n) is 10.7. The van der Waals surface area contributed by atoms with Crippen LogP contribution in [-0.4, -0.2) is 55.7 Å². The van der Waals surface area contributed by atoms with Crippen LogP contribution >= 0.6 is 0 Å². The van der Waals surface area contributed by atoms with Crippen LogP contribution in [0.25, 0.3) is 0 Å². The van der Waals surface area contributed by atoms with Gasteiger partial charge in [0.15, 0.2) is 0 Å². The molecule has 0 fully saturated rings. The molecule has 0 aliphatic carbocycles. The number of carbonyl (C=O) groups is 3. The predicted octanol–water partition coefficient (Wildman–Crippen LogP) is 1.18. The normalized spacial score (nSPS) is 15.8. The second kappa shape index (κ2) is 11.2. The molecule has 3 N–H and O–H groups in total. The Morgan fingerprint density at radius 1 is 1.21 bits per heavy atom. The van der Waals surface area contributed by atoms with Crippen LogP contribution in [0.2, 0.25) is 0 Å². The molecule has 0 radical (unpaired) electrons. The van der Waals surface area contributed by atoms with Crippen molar-refractivity contribution >= 4 is 23.4 Å². The summed E-state index contributed by atoms with van der Waals surface area (Å²) in [5, 5.41) is 13.9. The molecule has 33 heavy (non-hydrogen) atoms. The minimum Gasteiger partial charge on any atom is -0.489 e. The standard InChI is InChI=1S/C25H27N3O5/c1-17(19-9-4-3-5-10-19)15-26-23(30)24(31)27-20-16-33-22-12-11-18(8-6-7-13-29)14-21(22)28(2)25(20)32/h3-5,9-12,14,17,20,29H,7,13,15-16H2,1-2H3,(H,26,30)(H,27,31)/t17-,20+/m1/s1. The van der Waals surface area contributed by atoms with Crippen molar-refractivity contribution in [2.45, 2.75) is 25.3 Å². The largest absolute Gasteiger partial charge is 0.489 e. The van der Waals surface area contributed by atoms with Gasteiger partial charge in [-0.15, -0.1) is 0 Å². The molecule has 0 spiro atoms. The van der Waals surface area contributed by atoms with Gasteiger partial charge in [-0.25, -0.2) is 0 Å². The van der Waals surface area contributed by atoms with Crippen molar-refractivity contribution in [3.05, 3.63) is 59.7 Å². The number of benzene rings is 2. The molecule has 0 aromatic heterocycles. The summed E-state index contributed by atoms with van der Waals surface area (Å²) in [6.45, 7) is 2.10. The van der Waals surface area contributed by atoms with Crippen molar-refractivity contribution in [3.8, 4) is 17.6 Å². The topological polar surface area (TPSA) is 108 Å². The average molecular weight is 450 g/mol. The van der Waals surface area contributed by atoms with Gasteiger partial charge in [-0.2, -0.15) is 0 Å². The molecule has 3 rings (SSSR count). The Morgan fingerprint density at radius 2 is 1.97 bits per heavy atom. The van der Waals surface area contributed by atoms with Gasteiger partial charge < -0.3 is 25.4 Å². The number of carbonyl (C=O) groups excluding carboxylic acids is 3. The number of aliphatic hydroxyl groups excluding tert-OH is 1. The molecule has 0 bridgehead atoms. The number of hydrogen-bond acceptors (Lipinski definition) is 5. The number of anilines is 1. The molecule has 0 saturated carbocycles. The van der Waals surface area contributed by atoms with Gasteiger partial charge in [-0.05, 0) is 29.7 Å². The van der Waals surface area contributed by atoms with Crippen molar-refractivity contribution < 1.29 is 24.2 Å². The molecular formula is C25H27N3O5. The Kier molecular flexibility index (Phi) is 8.06. The predicted molar refractivity (Wildman–Crippen MR) is 124 cm³/mol. The summed E-state index contributed by atoms with van der Waals surface area (Å²) in [5.41, 5.74) is 2.22. The van der Waals surface area contributed by atoms with Gasteiger partial charge in [-0.1, -0.05) is 49.1 Å². The van der Waals surface area contributed by atoms with Crippen molar-refractivity contribution in [1.29, 1.82) is 0 Å². The van der Waals surface area contributed by atoms with Crippen LogP contribution in [0, 0.1) is 11.8 Å². The lowest BCUT2D eigenvalue weighted by Crippen LogP contribution is -2.53. The summed E-state index contributed by atoms with van der Waals surface area (Å²) in [4.78, 5) is 39.0. The van der Waals surface area contributed by atoms with Crippen molar-refractivity contribution in [1.82, 2.24) is 10.6 Å². The van der Waals surface area contributed by atoms with Gasteiger partial charge in [-0.3, -0.25) is 14.4 Å². The molecule has 8 nitrogen and oxygen atoms in total. The first-order chi connectivity index (χ1) is 15.9. The van der Waals surface area contributed by atoms with Crippen molar-refractivity contribution in [2.75, 3.05) is 31.7 Å². The van der Waals surface area contributed by atoms with Gasteiger partial charge in [0.25, 0.3) is 5.91 Å². The van der Waals surface area contributed by atoms with E-state index in [1.807, 2.05) is 37.3 Å². The molecule has 1 aliphatic heterocycles. The van der Waals surface area contributed by atoms with Crippen molar-refractivity contribution in [3.63, 3.8) is 0 Å². The molecule has 2 atom stereocenters. The van der Waals surface area contributed by atoms with E-state index < -0.39 is 23.8 Å². The number of nitrogens with zero attached hydrogens (tertiary/aromatic N) is 1. The Bertz CT molecular complexity index is 1070. The van der Waals surface area contributed by atoms with Crippen LogP contribution in [-0.2, 0) is 14.4 Å². The van der Waals surface area contributed by atoms with E-state index in [0.717, 1.165) is 5.56 Å². The van der Waals surface area contributed by atoms with Gasteiger partial charge >= 0.3 is 11.8 Å². The lowest BCUT2D eigenvalue weighted by atomic mass is 10.0. The molecule has 3 amide bonds. The maximum absolute atomic E-state index is 12.9. The van der Waals surface area contributed by atoms with E-state index in [-0.39, 0.29) is 25.7 Å². The molecule has 0 unspecified atom stereocenters. The molecule has 0 saturated heterocycles. The number of rotatable bonds is 5. The van der Waals surface area contributed by atoms with E-state index in [9.17, 15) is 14.4 Å². The molecule has 172 valence electrons. The summed E-state index contributed by atoms with van der Waals surface area (Å²) in [6, 6.07) is 13.8. The summed E-state index contributed by atoms with van der Waals surface area (Å²) in [7, 11) is 1.57. The fourth-order valence-corrected chi connectivity index (χ4v) is 3.35. The average Bonchev–Trinajstić information content (AvgIpc) is 2.95. The van der Waals surface area contributed by atoms with Crippen LogP contribution in [0.15, 0.2) is 48.5 Å². The highest BCUT2D eigenvalue weighted by atomic mass is 16.5. The first kappa shape index (κ1) is 23.8. The van der Waals surface area contributed by atoms with E-state index in [0.29, 0.717) is 23.4 Å². The van der Waals surface area contributed by atoms with E-state index in [4.69, 9.17) is 9.84 Å². The summed E-state index contributed by atoms with van der Waals surface area (Å²) in [5.74, 6) is 4.13. The van der Waals surface area contributed by atoms with Crippen molar-refractivity contribution in [2.24, 2.45) is 0 Å². The van der Waals surface area contributed by atoms with Gasteiger partial charge in [0, 0.05) is 25.6 Å². The zero-order valence-electron chi connectivity index (χ0n) is 18.6. The third kappa shape index (κ3) is 6.11. The van der Waals surface area contributed by atoms with Gasteiger partial charge in [0.05, 0.1) is 12.3 Å². The second-order valence-corrected chi connectivity index (χ2v) is 7.71. The number of amides is 3. The van der Waals surface area contributed by atoms with E-state index >= 15 is 0 Å². The maximum atomic E-state index is 12.9. The quantitative estimate of drug-likeness (QED) is 0.469. The number of nitrogens with one attached hydrogen (secondary N) is 2. The SMILES string of the molecule is C[C@H](CNC(=O)C(=O)N[C@H]1COc2ccc(C#CCCO)cc2N(C)C1=O)c1ccccc1. The summed E-state index contributed by atoms with van der Waals surface area (Å²) in [6.07, 6.45) is 0.350. The van der Waals surface area contributed by atoms with Crippen LogP contribution in [0.4, 0.5) is 5.69 Å². The first-order valence-corrected chi connectivity index (χ1v) is 10.7. The summed E-state index contributed by atoms with van der Waals surface area (Å²) < 4.78 is 5.72. The lowest BCUT2D eigenvalue weighted by Gasteiger charge is -2.20. The number of fused-ring (bicyclic) bond motifs is 1. The fraction of sp³-hybridized carbons (Fsp3) is 0.320. The van der Waals surface area contributed by atoms with E-state index in [2.05, 4.69) is 22.5 Å². The van der Waals surface area contributed by atoms with Crippen LogP contribution in [0.1, 0.15) is 30.4 Å². The number of aliphatic hydroxyl groups is 1. The van der Waals surface area contributed by atoms with E-state index in [1.165, 1.54) is 4.90 Å². The maximum Gasteiger partial charge on any atom is 0.310 e.